The van der Waals surface area contributed by atoms with Gasteiger partial charge in [-0.1, -0.05) is 0 Å². The van der Waals surface area contributed by atoms with Crippen LogP contribution in [0.5, 0.6) is 0 Å². The molecule has 1 aromatic heterocycles. The number of anilines is 1. The summed E-state index contributed by atoms with van der Waals surface area (Å²) >= 11 is 0. The summed E-state index contributed by atoms with van der Waals surface area (Å²) < 4.78 is 37.9. The highest BCUT2D eigenvalue weighted by atomic mass is 19.4. The Morgan fingerprint density at radius 1 is 1.12 bits per heavy atom. The number of rotatable bonds is 4. The van der Waals surface area contributed by atoms with Crippen molar-refractivity contribution in [1.29, 1.82) is 0 Å². The number of aromatic nitrogens is 2. The van der Waals surface area contributed by atoms with Gasteiger partial charge in [-0.05, 0) is 49.4 Å². The summed E-state index contributed by atoms with van der Waals surface area (Å²) in [5, 5.41) is 8.83. The zero-order valence-corrected chi connectivity index (χ0v) is 13.9. The van der Waals surface area contributed by atoms with Crippen molar-refractivity contribution in [2.45, 2.75) is 25.4 Å². The van der Waals surface area contributed by atoms with Gasteiger partial charge >= 0.3 is 12.1 Å². The van der Waals surface area contributed by atoms with Crippen LogP contribution in [-0.4, -0.2) is 34.1 Å². The van der Waals surface area contributed by atoms with Gasteiger partial charge in [0.2, 0.25) is 0 Å². The number of alkyl halides is 3. The third-order valence-electron chi connectivity index (χ3n) is 4.60. The second kappa shape index (κ2) is 7.31. The maximum atomic E-state index is 12.6. The quantitative estimate of drug-likeness (QED) is 0.896. The molecule has 0 saturated carbocycles. The third kappa shape index (κ3) is 4.30. The lowest BCUT2D eigenvalue weighted by Gasteiger charge is -2.33. The number of carboxylic acid groups (broad SMARTS) is 1. The van der Waals surface area contributed by atoms with Gasteiger partial charge in [0.05, 0.1) is 17.5 Å². The van der Waals surface area contributed by atoms with Crippen LogP contribution in [0.3, 0.4) is 0 Å². The minimum Gasteiger partial charge on any atom is -0.476 e. The zero-order valence-electron chi connectivity index (χ0n) is 13.9. The summed E-state index contributed by atoms with van der Waals surface area (Å²) in [6.07, 6.45) is 0.934. The summed E-state index contributed by atoms with van der Waals surface area (Å²) in [5.74, 6) is -0.709. The van der Waals surface area contributed by atoms with E-state index in [0.717, 1.165) is 49.4 Å². The average Bonchev–Trinajstić information content (AvgIpc) is 2.62. The van der Waals surface area contributed by atoms with E-state index in [0.29, 0.717) is 12.3 Å². The minimum absolute atomic E-state index is 0.0779. The molecular formula is C18H18F3N3O2. The van der Waals surface area contributed by atoms with Crippen molar-refractivity contribution >= 4 is 11.7 Å². The van der Waals surface area contributed by atoms with Crippen LogP contribution in [0.4, 0.5) is 18.9 Å². The molecule has 0 spiro atoms. The SMILES string of the molecule is O=C(O)c1cnc(CC2CCN(c3ccc(C(F)(F)F)cc3)CC2)cn1. The first-order chi connectivity index (χ1) is 12.3. The molecule has 5 nitrogen and oxygen atoms in total. The van der Waals surface area contributed by atoms with Gasteiger partial charge in [-0.25, -0.2) is 9.78 Å². The number of piperidine rings is 1. The molecule has 1 aromatic carbocycles. The van der Waals surface area contributed by atoms with Gasteiger partial charge in [0, 0.05) is 25.0 Å². The molecule has 0 radical (unpaired) electrons. The topological polar surface area (TPSA) is 66.3 Å². The van der Waals surface area contributed by atoms with E-state index in [1.807, 2.05) is 0 Å². The van der Waals surface area contributed by atoms with Crippen molar-refractivity contribution in [3.05, 3.63) is 53.6 Å². The molecule has 1 saturated heterocycles. The highest BCUT2D eigenvalue weighted by Crippen LogP contribution is 2.31. The first kappa shape index (κ1) is 18.2. The number of halogens is 3. The van der Waals surface area contributed by atoms with Crippen LogP contribution >= 0.6 is 0 Å². The average molecular weight is 365 g/mol. The molecule has 1 fully saturated rings. The number of nitrogens with zero attached hydrogens (tertiary/aromatic N) is 3. The fourth-order valence-electron chi connectivity index (χ4n) is 3.12. The Labute approximate surface area is 148 Å². The van der Waals surface area contributed by atoms with E-state index in [1.54, 1.807) is 0 Å². The summed E-state index contributed by atoms with van der Waals surface area (Å²) in [5.41, 5.74) is 0.829. The summed E-state index contributed by atoms with van der Waals surface area (Å²) in [6.45, 7) is 1.52. The lowest BCUT2D eigenvalue weighted by Crippen LogP contribution is -2.34. The standard InChI is InChI=1S/C18H18F3N3O2/c19-18(20,21)13-1-3-15(4-2-13)24-7-5-12(6-8-24)9-14-10-23-16(11-22-14)17(25)26/h1-4,10-12H,5-9H2,(H,25,26). The number of carboxylic acids is 1. The molecule has 0 aliphatic carbocycles. The second-order valence-corrected chi connectivity index (χ2v) is 6.38. The van der Waals surface area contributed by atoms with E-state index < -0.39 is 17.7 Å². The lowest BCUT2D eigenvalue weighted by atomic mass is 9.92. The van der Waals surface area contributed by atoms with Crippen molar-refractivity contribution < 1.29 is 23.1 Å². The maximum absolute atomic E-state index is 12.6. The van der Waals surface area contributed by atoms with Gasteiger partial charge in [0.25, 0.3) is 0 Å². The van der Waals surface area contributed by atoms with Crippen LogP contribution < -0.4 is 4.90 Å². The first-order valence-electron chi connectivity index (χ1n) is 8.29. The van der Waals surface area contributed by atoms with Crippen molar-refractivity contribution in [3.8, 4) is 0 Å². The number of hydrogen-bond donors (Lipinski definition) is 1. The van der Waals surface area contributed by atoms with Gasteiger partial charge in [-0.2, -0.15) is 13.2 Å². The Morgan fingerprint density at radius 3 is 2.27 bits per heavy atom. The van der Waals surface area contributed by atoms with Gasteiger partial charge in [0.15, 0.2) is 5.69 Å². The van der Waals surface area contributed by atoms with E-state index in [9.17, 15) is 18.0 Å². The van der Waals surface area contributed by atoms with Crippen LogP contribution in [0.1, 0.15) is 34.6 Å². The van der Waals surface area contributed by atoms with E-state index in [-0.39, 0.29) is 5.69 Å². The van der Waals surface area contributed by atoms with Crippen LogP contribution in [0.2, 0.25) is 0 Å². The minimum atomic E-state index is -4.32. The van der Waals surface area contributed by atoms with Crippen LogP contribution in [0.25, 0.3) is 0 Å². The van der Waals surface area contributed by atoms with E-state index in [2.05, 4.69) is 14.9 Å². The molecule has 0 atom stereocenters. The number of benzene rings is 1. The van der Waals surface area contributed by atoms with Gasteiger partial charge in [0.1, 0.15) is 0 Å². The van der Waals surface area contributed by atoms with Gasteiger partial charge in [-0.3, -0.25) is 4.98 Å². The highest BCUT2D eigenvalue weighted by Gasteiger charge is 2.30. The molecule has 1 N–H and O–H groups in total. The highest BCUT2D eigenvalue weighted by molar-refractivity contribution is 5.84. The monoisotopic (exact) mass is 365 g/mol. The fourth-order valence-corrected chi connectivity index (χ4v) is 3.12. The predicted molar refractivity (Wildman–Crippen MR) is 89.1 cm³/mol. The fraction of sp³-hybridized carbons (Fsp3) is 0.389. The van der Waals surface area contributed by atoms with Crippen molar-refractivity contribution in [2.75, 3.05) is 18.0 Å². The predicted octanol–water partition coefficient (Wildman–Crippen LogP) is 3.65. The molecule has 3 rings (SSSR count). The Kier molecular flexibility index (Phi) is 5.11. The van der Waals surface area contributed by atoms with E-state index in [1.165, 1.54) is 24.5 Å². The van der Waals surface area contributed by atoms with Crippen molar-refractivity contribution in [3.63, 3.8) is 0 Å². The largest absolute Gasteiger partial charge is 0.476 e. The summed E-state index contributed by atoms with van der Waals surface area (Å²) in [6, 6.07) is 5.25. The second-order valence-electron chi connectivity index (χ2n) is 6.38. The molecule has 1 aliphatic rings. The molecule has 8 heteroatoms. The van der Waals surface area contributed by atoms with E-state index >= 15 is 0 Å². The van der Waals surface area contributed by atoms with Crippen molar-refractivity contribution in [1.82, 2.24) is 9.97 Å². The van der Waals surface area contributed by atoms with Crippen LogP contribution in [0, 0.1) is 5.92 Å². The molecule has 0 unspecified atom stereocenters. The maximum Gasteiger partial charge on any atom is 0.416 e. The first-order valence-corrected chi connectivity index (χ1v) is 8.29. The molecule has 0 bridgehead atoms. The Balaban J connectivity index is 1.54. The Hall–Kier alpha value is -2.64. The van der Waals surface area contributed by atoms with Gasteiger partial charge in [-0.15, -0.1) is 0 Å². The number of hydrogen-bond acceptors (Lipinski definition) is 4. The smallest absolute Gasteiger partial charge is 0.416 e. The molecule has 2 aromatic rings. The Bertz CT molecular complexity index is 753. The molecule has 1 aliphatic heterocycles. The van der Waals surface area contributed by atoms with Crippen molar-refractivity contribution in [2.24, 2.45) is 5.92 Å². The molecule has 26 heavy (non-hydrogen) atoms. The number of carbonyl (C=O) groups is 1. The van der Waals surface area contributed by atoms with Gasteiger partial charge < -0.3 is 10.0 Å². The molecule has 2 heterocycles. The third-order valence-corrected chi connectivity index (χ3v) is 4.60. The molecule has 0 amide bonds. The zero-order chi connectivity index (χ0) is 18.7. The lowest BCUT2D eigenvalue weighted by molar-refractivity contribution is -0.137. The normalized spacial score (nSPS) is 15.9. The molecular weight excluding hydrogens is 347 g/mol. The van der Waals surface area contributed by atoms with Crippen LogP contribution in [0.15, 0.2) is 36.7 Å². The van der Waals surface area contributed by atoms with Crippen LogP contribution in [-0.2, 0) is 12.6 Å². The summed E-state index contributed by atoms with van der Waals surface area (Å²) in [4.78, 5) is 20.9. The van der Waals surface area contributed by atoms with E-state index in [4.69, 9.17) is 5.11 Å². The Morgan fingerprint density at radius 2 is 1.77 bits per heavy atom. The molecule has 138 valence electrons. The number of aromatic carboxylic acids is 1. The summed E-state index contributed by atoms with van der Waals surface area (Å²) in [7, 11) is 0.